The second-order valence-corrected chi connectivity index (χ2v) is 5.78. The van der Waals surface area contributed by atoms with Gasteiger partial charge in [-0.05, 0) is 42.2 Å². The quantitative estimate of drug-likeness (QED) is 0.575. The van der Waals surface area contributed by atoms with Crippen LogP contribution in [-0.2, 0) is 20.7 Å². The van der Waals surface area contributed by atoms with Gasteiger partial charge in [-0.25, -0.2) is 9.59 Å². The minimum absolute atomic E-state index is 0.224. The number of benzene rings is 2. The lowest BCUT2D eigenvalue weighted by Gasteiger charge is -2.14. The highest BCUT2D eigenvalue weighted by atomic mass is 16.6. The van der Waals surface area contributed by atoms with E-state index in [-0.39, 0.29) is 12.2 Å². The fraction of sp³-hybridized carbons (Fsp3) is 0.286. The Morgan fingerprint density at radius 3 is 2.23 bits per heavy atom. The Balaban J connectivity index is 2.62. The predicted octanol–water partition coefficient (Wildman–Crippen LogP) is 4.19. The van der Waals surface area contributed by atoms with E-state index in [0.717, 1.165) is 18.4 Å². The van der Waals surface area contributed by atoms with E-state index in [1.165, 1.54) is 6.92 Å². The van der Waals surface area contributed by atoms with Gasteiger partial charge in [0.25, 0.3) is 0 Å². The number of hydrogen-bond acceptors (Lipinski definition) is 5. The maximum Gasteiger partial charge on any atom is 0.346 e. The van der Waals surface area contributed by atoms with Crippen LogP contribution in [0.5, 0.6) is 0 Å². The van der Waals surface area contributed by atoms with Gasteiger partial charge in [0, 0.05) is 6.92 Å². The summed E-state index contributed by atoms with van der Waals surface area (Å²) in [6, 6.07) is 12.2. The van der Waals surface area contributed by atoms with Crippen LogP contribution in [-0.4, -0.2) is 24.5 Å². The summed E-state index contributed by atoms with van der Waals surface area (Å²) in [5, 5.41) is 0. The fourth-order valence-electron chi connectivity index (χ4n) is 2.73. The SMILES string of the molecule is CCCc1ccc(C(=O)OCC)c(-c2ccccc2C(=O)OC(C)=O)c1. The highest BCUT2D eigenvalue weighted by Crippen LogP contribution is 2.30. The Morgan fingerprint density at radius 2 is 1.58 bits per heavy atom. The second-order valence-electron chi connectivity index (χ2n) is 5.78. The molecule has 26 heavy (non-hydrogen) atoms. The van der Waals surface area contributed by atoms with E-state index in [9.17, 15) is 14.4 Å². The highest BCUT2D eigenvalue weighted by molar-refractivity contribution is 6.05. The molecule has 0 atom stereocenters. The van der Waals surface area contributed by atoms with Crippen LogP contribution in [0.4, 0.5) is 0 Å². The third kappa shape index (κ3) is 4.57. The van der Waals surface area contributed by atoms with Crippen molar-refractivity contribution >= 4 is 17.9 Å². The molecule has 0 amide bonds. The molecule has 0 radical (unpaired) electrons. The van der Waals surface area contributed by atoms with Crippen molar-refractivity contribution in [1.82, 2.24) is 0 Å². The molecule has 0 spiro atoms. The average Bonchev–Trinajstić information content (AvgIpc) is 2.61. The smallest absolute Gasteiger partial charge is 0.346 e. The van der Waals surface area contributed by atoms with E-state index < -0.39 is 17.9 Å². The van der Waals surface area contributed by atoms with Crippen molar-refractivity contribution in [3.8, 4) is 11.1 Å². The van der Waals surface area contributed by atoms with Crippen molar-refractivity contribution in [3.63, 3.8) is 0 Å². The first-order valence-corrected chi connectivity index (χ1v) is 8.60. The van der Waals surface area contributed by atoms with E-state index in [0.29, 0.717) is 16.7 Å². The van der Waals surface area contributed by atoms with Crippen molar-refractivity contribution in [2.24, 2.45) is 0 Å². The molecule has 0 aliphatic carbocycles. The van der Waals surface area contributed by atoms with Gasteiger partial charge >= 0.3 is 17.9 Å². The standard InChI is InChI=1S/C21H22O5/c1-4-8-15-11-12-18(20(23)25-5-2)19(13-15)16-9-6-7-10-17(16)21(24)26-14(3)22/h6-7,9-13H,4-5,8H2,1-3H3. The van der Waals surface area contributed by atoms with Gasteiger partial charge in [0.15, 0.2) is 0 Å². The van der Waals surface area contributed by atoms with Gasteiger partial charge in [-0.3, -0.25) is 4.79 Å². The molecule has 0 aliphatic heterocycles. The number of esters is 3. The van der Waals surface area contributed by atoms with Gasteiger partial charge in [0.05, 0.1) is 17.7 Å². The summed E-state index contributed by atoms with van der Waals surface area (Å²) in [6.07, 6.45) is 1.79. The minimum atomic E-state index is -0.746. The summed E-state index contributed by atoms with van der Waals surface area (Å²) in [6.45, 7) is 5.23. The number of ether oxygens (including phenoxy) is 2. The molecule has 5 heteroatoms. The third-order valence-corrected chi connectivity index (χ3v) is 3.79. The number of carbonyl (C=O) groups is 3. The lowest BCUT2D eigenvalue weighted by molar-refractivity contribution is -0.135. The third-order valence-electron chi connectivity index (χ3n) is 3.79. The van der Waals surface area contributed by atoms with E-state index in [1.54, 1.807) is 37.3 Å². The number of aryl methyl sites for hydroxylation is 1. The first-order valence-electron chi connectivity index (χ1n) is 8.60. The van der Waals surface area contributed by atoms with Crippen LogP contribution in [0.25, 0.3) is 11.1 Å². The molecule has 0 heterocycles. The molecule has 0 saturated heterocycles. The molecule has 0 bridgehead atoms. The number of hydrogen-bond donors (Lipinski definition) is 0. The van der Waals surface area contributed by atoms with Gasteiger partial charge in [0.1, 0.15) is 0 Å². The van der Waals surface area contributed by atoms with Crippen molar-refractivity contribution in [2.45, 2.75) is 33.6 Å². The molecule has 0 aromatic heterocycles. The zero-order valence-corrected chi connectivity index (χ0v) is 15.2. The first-order chi connectivity index (χ1) is 12.5. The molecule has 0 fully saturated rings. The Labute approximate surface area is 152 Å². The van der Waals surface area contributed by atoms with Gasteiger partial charge in [-0.2, -0.15) is 0 Å². The van der Waals surface area contributed by atoms with E-state index in [4.69, 9.17) is 9.47 Å². The Hall–Kier alpha value is -2.95. The van der Waals surface area contributed by atoms with Crippen LogP contribution >= 0.6 is 0 Å². The summed E-state index contributed by atoms with van der Waals surface area (Å²) in [5.41, 5.74) is 2.76. The van der Waals surface area contributed by atoms with Crippen molar-refractivity contribution in [1.29, 1.82) is 0 Å². The van der Waals surface area contributed by atoms with Crippen LogP contribution in [0.15, 0.2) is 42.5 Å². The molecule has 5 nitrogen and oxygen atoms in total. The van der Waals surface area contributed by atoms with E-state index in [2.05, 4.69) is 6.92 Å². The van der Waals surface area contributed by atoms with Crippen LogP contribution in [0.1, 0.15) is 53.5 Å². The normalized spacial score (nSPS) is 10.3. The monoisotopic (exact) mass is 354 g/mol. The highest BCUT2D eigenvalue weighted by Gasteiger charge is 2.21. The molecule has 0 saturated carbocycles. The molecular weight excluding hydrogens is 332 g/mol. The Kier molecular flexibility index (Phi) is 6.67. The number of carbonyl (C=O) groups excluding carboxylic acids is 3. The largest absolute Gasteiger partial charge is 0.462 e. The molecule has 136 valence electrons. The fourth-order valence-corrected chi connectivity index (χ4v) is 2.73. The summed E-state index contributed by atoms with van der Waals surface area (Å²) >= 11 is 0. The molecule has 2 aromatic rings. The summed E-state index contributed by atoms with van der Waals surface area (Å²) < 4.78 is 9.88. The summed E-state index contributed by atoms with van der Waals surface area (Å²) in [4.78, 5) is 35.8. The number of rotatable bonds is 6. The topological polar surface area (TPSA) is 69.7 Å². The van der Waals surface area contributed by atoms with Crippen molar-refractivity contribution in [3.05, 3.63) is 59.2 Å². The molecule has 0 N–H and O–H groups in total. The van der Waals surface area contributed by atoms with Crippen molar-refractivity contribution in [2.75, 3.05) is 6.61 Å². The molecule has 0 aliphatic rings. The van der Waals surface area contributed by atoms with Gasteiger partial charge < -0.3 is 9.47 Å². The van der Waals surface area contributed by atoms with Crippen LogP contribution in [0.2, 0.25) is 0 Å². The second kappa shape index (κ2) is 8.94. The maximum absolute atomic E-state index is 12.4. The van der Waals surface area contributed by atoms with Gasteiger partial charge in [0.2, 0.25) is 0 Å². The van der Waals surface area contributed by atoms with Crippen LogP contribution < -0.4 is 0 Å². The van der Waals surface area contributed by atoms with Gasteiger partial charge in [-0.15, -0.1) is 0 Å². The summed E-state index contributed by atoms with van der Waals surface area (Å²) in [7, 11) is 0. The zero-order chi connectivity index (χ0) is 19.1. The Morgan fingerprint density at radius 1 is 0.885 bits per heavy atom. The van der Waals surface area contributed by atoms with Gasteiger partial charge in [-0.1, -0.05) is 43.7 Å². The Bertz CT molecular complexity index is 823. The predicted molar refractivity (Wildman–Crippen MR) is 97.9 cm³/mol. The lowest BCUT2D eigenvalue weighted by Crippen LogP contribution is -2.12. The zero-order valence-electron chi connectivity index (χ0n) is 15.2. The molecule has 0 unspecified atom stereocenters. The van der Waals surface area contributed by atoms with Crippen LogP contribution in [0.3, 0.4) is 0 Å². The van der Waals surface area contributed by atoms with E-state index >= 15 is 0 Å². The summed E-state index contributed by atoms with van der Waals surface area (Å²) in [5.74, 6) is -1.89. The molecular formula is C21H22O5. The maximum atomic E-state index is 12.4. The molecule has 2 aromatic carbocycles. The minimum Gasteiger partial charge on any atom is -0.462 e. The molecule has 2 rings (SSSR count). The van der Waals surface area contributed by atoms with E-state index in [1.807, 2.05) is 12.1 Å². The van der Waals surface area contributed by atoms with Crippen molar-refractivity contribution < 1.29 is 23.9 Å². The van der Waals surface area contributed by atoms with Crippen LogP contribution in [0, 0.1) is 0 Å². The lowest BCUT2D eigenvalue weighted by atomic mass is 9.92. The average molecular weight is 354 g/mol. The first kappa shape index (κ1) is 19.4.